The maximum absolute atomic E-state index is 11.5. The molecule has 0 aromatic rings. The van der Waals surface area contributed by atoms with E-state index in [4.69, 9.17) is 5.73 Å². The Kier molecular flexibility index (Phi) is 10.6. The third-order valence-corrected chi connectivity index (χ3v) is 3.33. The van der Waals surface area contributed by atoms with Crippen molar-refractivity contribution in [3.05, 3.63) is 0 Å². The zero-order chi connectivity index (χ0) is 11.9. The molecule has 0 aliphatic rings. The Morgan fingerprint density at radius 2 is 1.81 bits per heavy atom. The first-order valence-corrected chi connectivity index (χ1v) is 6.89. The fraction of sp³-hybridized carbons (Fsp3) is 1.00. The van der Waals surface area contributed by atoms with Gasteiger partial charge in [-0.2, -0.15) is 17.9 Å². The van der Waals surface area contributed by atoms with Gasteiger partial charge in [0.15, 0.2) is 0 Å². The van der Waals surface area contributed by atoms with Crippen LogP contribution in [0, 0.1) is 0 Å². The molecule has 0 bridgehead atoms. The van der Waals surface area contributed by atoms with Crippen LogP contribution in [-0.2, 0) is 10.2 Å². The van der Waals surface area contributed by atoms with Crippen LogP contribution in [0.3, 0.4) is 0 Å². The highest BCUT2D eigenvalue weighted by Crippen LogP contribution is 2.00. The summed E-state index contributed by atoms with van der Waals surface area (Å²) < 4.78 is 28.0. The number of halogens is 1. The number of hydrogen-bond acceptors (Lipinski definition) is 3. The Bertz CT molecular complexity index is 257. The molecule has 7 heteroatoms. The van der Waals surface area contributed by atoms with Gasteiger partial charge in [0.1, 0.15) is 0 Å². The normalized spacial score (nSPS) is 13.6. The van der Waals surface area contributed by atoms with E-state index < -0.39 is 10.2 Å². The first-order chi connectivity index (χ1) is 6.91. The molecular formula is C9H24ClN3O2S. The minimum atomic E-state index is -3.40. The van der Waals surface area contributed by atoms with E-state index in [2.05, 4.69) is 16.4 Å². The lowest BCUT2D eigenvalue weighted by molar-refractivity contribution is 0.503. The summed E-state index contributed by atoms with van der Waals surface area (Å²) in [6, 6.07) is -0.270. The second kappa shape index (κ2) is 9.18. The molecule has 0 spiro atoms. The Morgan fingerprint density at radius 3 is 2.19 bits per heavy atom. The lowest BCUT2D eigenvalue weighted by atomic mass is 10.1. The van der Waals surface area contributed by atoms with Crippen LogP contribution in [0.4, 0.5) is 0 Å². The number of nitrogens with two attached hydrogens (primary N) is 1. The third-order valence-electron chi connectivity index (χ3n) is 1.90. The van der Waals surface area contributed by atoms with E-state index in [1.54, 1.807) is 13.8 Å². The number of unbranched alkanes of at least 4 members (excludes halogenated alkanes) is 1. The molecular weight excluding hydrogens is 250 g/mol. The predicted octanol–water partition coefficient (Wildman–Crippen LogP) is 0.758. The van der Waals surface area contributed by atoms with E-state index in [9.17, 15) is 8.42 Å². The third kappa shape index (κ3) is 9.35. The monoisotopic (exact) mass is 273 g/mol. The fourth-order valence-electron chi connectivity index (χ4n) is 1.24. The maximum atomic E-state index is 11.5. The summed E-state index contributed by atoms with van der Waals surface area (Å²) in [5.74, 6) is 0. The quantitative estimate of drug-likeness (QED) is 0.610. The summed E-state index contributed by atoms with van der Waals surface area (Å²) in [7, 11) is -3.40. The molecule has 0 fully saturated rings. The topological polar surface area (TPSA) is 84.2 Å². The zero-order valence-corrected chi connectivity index (χ0v) is 11.8. The van der Waals surface area contributed by atoms with Crippen LogP contribution < -0.4 is 15.2 Å². The van der Waals surface area contributed by atoms with Crippen molar-refractivity contribution in [2.24, 2.45) is 5.73 Å². The Balaban J connectivity index is 0. The second-order valence-electron chi connectivity index (χ2n) is 3.97. The minimum Gasteiger partial charge on any atom is -0.329 e. The highest BCUT2D eigenvalue weighted by Gasteiger charge is 2.16. The molecule has 5 nitrogen and oxygen atoms in total. The molecule has 0 aromatic carbocycles. The average Bonchev–Trinajstić information content (AvgIpc) is 2.09. The van der Waals surface area contributed by atoms with E-state index in [0.717, 1.165) is 19.3 Å². The Labute approximate surface area is 105 Å². The van der Waals surface area contributed by atoms with Crippen molar-refractivity contribution in [2.45, 2.75) is 52.1 Å². The molecule has 0 radical (unpaired) electrons. The standard InChI is InChI=1S/C9H23N3O2S.ClH/c1-4-5-6-9(7-10)12-15(13,14)11-8(2)3;/h8-9,11-12H,4-7,10H2,1-3H3;1H. The highest BCUT2D eigenvalue weighted by molar-refractivity contribution is 7.87. The van der Waals surface area contributed by atoms with Gasteiger partial charge in [-0.15, -0.1) is 12.4 Å². The molecule has 0 rings (SSSR count). The molecule has 4 N–H and O–H groups in total. The molecule has 1 atom stereocenters. The zero-order valence-electron chi connectivity index (χ0n) is 10.2. The number of nitrogens with one attached hydrogen (secondary N) is 2. The van der Waals surface area contributed by atoms with Gasteiger partial charge in [0.05, 0.1) is 0 Å². The first-order valence-electron chi connectivity index (χ1n) is 5.41. The highest BCUT2D eigenvalue weighted by atomic mass is 35.5. The molecule has 0 aromatic heterocycles. The average molecular weight is 274 g/mol. The van der Waals surface area contributed by atoms with Crippen LogP contribution in [0.2, 0.25) is 0 Å². The van der Waals surface area contributed by atoms with E-state index in [1.165, 1.54) is 0 Å². The lowest BCUT2D eigenvalue weighted by Gasteiger charge is -2.18. The van der Waals surface area contributed by atoms with E-state index >= 15 is 0 Å². The Hall–Kier alpha value is 0.120. The van der Waals surface area contributed by atoms with Crippen molar-refractivity contribution >= 4 is 22.6 Å². The SMILES string of the molecule is CCCCC(CN)NS(=O)(=O)NC(C)C.Cl. The summed E-state index contributed by atoms with van der Waals surface area (Å²) in [4.78, 5) is 0. The van der Waals surface area contributed by atoms with Crippen molar-refractivity contribution in [2.75, 3.05) is 6.54 Å². The maximum Gasteiger partial charge on any atom is 0.277 e. The molecule has 0 saturated heterocycles. The summed E-state index contributed by atoms with van der Waals surface area (Å²) in [6.45, 7) is 5.96. The van der Waals surface area contributed by atoms with Crippen LogP contribution >= 0.6 is 12.4 Å². The molecule has 1 unspecified atom stereocenters. The number of hydrogen-bond donors (Lipinski definition) is 3. The van der Waals surface area contributed by atoms with Gasteiger partial charge in [0.2, 0.25) is 0 Å². The Morgan fingerprint density at radius 1 is 1.25 bits per heavy atom. The van der Waals surface area contributed by atoms with Gasteiger partial charge in [0.25, 0.3) is 10.2 Å². The van der Waals surface area contributed by atoms with Crippen molar-refractivity contribution in [1.82, 2.24) is 9.44 Å². The van der Waals surface area contributed by atoms with Crippen LogP contribution in [0.1, 0.15) is 40.0 Å². The van der Waals surface area contributed by atoms with Gasteiger partial charge in [-0.1, -0.05) is 19.8 Å². The van der Waals surface area contributed by atoms with Crippen molar-refractivity contribution in [3.8, 4) is 0 Å². The van der Waals surface area contributed by atoms with Crippen LogP contribution in [0.25, 0.3) is 0 Å². The van der Waals surface area contributed by atoms with Crippen LogP contribution in [0.15, 0.2) is 0 Å². The summed E-state index contributed by atoms with van der Waals surface area (Å²) in [6.07, 6.45) is 2.80. The van der Waals surface area contributed by atoms with Gasteiger partial charge in [0, 0.05) is 18.6 Å². The predicted molar refractivity (Wildman–Crippen MR) is 69.9 cm³/mol. The van der Waals surface area contributed by atoms with Crippen molar-refractivity contribution < 1.29 is 8.42 Å². The smallest absolute Gasteiger partial charge is 0.277 e. The van der Waals surface area contributed by atoms with E-state index in [1.807, 2.05) is 0 Å². The van der Waals surface area contributed by atoms with Crippen molar-refractivity contribution in [3.63, 3.8) is 0 Å². The van der Waals surface area contributed by atoms with Crippen LogP contribution in [0.5, 0.6) is 0 Å². The van der Waals surface area contributed by atoms with E-state index in [-0.39, 0.29) is 24.5 Å². The molecule has 0 saturated carbocycles. The lowest BCUT2D eigenvalue weighted by Crippen LogP contribution is -2.47. The molecule has 0 amide bonds. The largest absolute Gasteiger partial charge is 0.329 e. The summed E-state index contributed by atoms with van der Waals surface area (Å²) >= 11 is 0. The number of rotatable bonds is 8. The van der Waals surface area contributed by atoms with Crippen LogP contribution in [-0.4, -0.2) is 27.0 Å². The second-order valence-corrected chi connectivity index (χ2v) is 5.45. The van der Waals surface area contributed by atoms with E-state index in [0.29, 0.717) is 6.54 Å². The van der Waals surface area contributed by atoms with Crippen molar-refractivity contribution in [1.29, 1.82) is 0 Å². The summed E-state index contributed by atoms with van der Waals surface area (Å²) in [5.41, 5.74) is 5.50. The molecule has 16 heavy (non-hydrogen) atoms. The summed E-state index contributed by atoms with van der Waals surface area (Å²) in [5, 5.41) is 0. The molecule has 100 valence electrons. The first kappa shape index (κ1) is 18.5. The molecule has 0 aliphatic carbocycles. The fourth-order valence-corrected chi connectivity index (χ4v) is 2.58. The molecule has 0 heterocycles. The molecule has 0 aliphatic heterocycles. The van der Waals surface area contributed by atoms with Gasteiger partial charge in [-0.25, -0.2) is 0 Å². The van der Waals surface area contributed by atoms with Gasteiger partial charge in [-0.3, -0.25) is 0 Å². The minimum absolute atomic E-state index is 0. The van der Waals surface area contributed by atoms with Gasteiger partial charge < -0.3 is 5.73 Å². The van der Waals surface area contributed by atoms with Gasteiger partial charge in [-0.05, 0) is 20.3 Å². The van der Waals surface area contributed by atoms with Gasteiger partial charge >= 0.3 is 0 Å².